The Morgan fingerprint density at radius 1 is 1.38 bits per heavy atom. The summed E-state index contributed by atoms with van der Waals surface area (Å²) in [6.07, 6.45) is 2.68. The summed E-state index contributed by atoms with van der Waals surface area (Å²) in [4.78, 5) is -0.000349. The van der Waals surface area contributed by atoms with Gasteiger partial charge in [-0.05, 0) is 44.0 Å². The van der Waals surface area contributed by atoms with Crippen molar-refractivity contribution in [3.8, 4) is 0 Å². The van der Waals surface area contributed by atoms with E-state index in [0.717, 1.165) is 18.9 Å². The van der Waals surface area contributed by atoms with Gasteiger partial charge in [-0.15, -0.1) is 0 Å². The molecule has 0 spiro atoms. The van der Waals surface area contributed by atoms with Gasteiger partial charge in [0.05, 0.1) is 23.1 Å². The zero-order valence-electron chi connectivity index (χ0n) is 11.8. The first-order chi connectivity index (χ1) is 9.99. The minimum atomic E-state index is -3.75. The van der Waals surface area contributed by atoms with Crippen molar-refractivity contribution in [3.05, 3.63) is 29.6 Å². The average Bonchev–Trinajstić information content (AvgIpc) is 3.03. The zero-order valence-corrected chi connectivity index (χ0v) is 12.6. The molecule has 2 saturated heterocycles. The zero-order chi connectivity index (χ0) is 15.0. The Bertz CT molecular complexity index is 635. The van der Waals surface area contributed by atoms with Crippen LogP contribution in [0.1, 0.15) is 24.8 Å². The Kier molecular flexibility index (Phi) is 4.00. The van der Waals surface area contributed by atoms with Crippen LogP contribution in [0.3, 0.4) is 0 Å². The first-order valence-corrected chi connectivity index (χ1v) is 8.59. The van der Waals surface area contributed by atoms with Gasteiger partial charge in [0.1, 0.15) is 5.82 Å². The summed E-state index contributed by atoms with van der Waals surface area (Å²) in [6.45, 7) is 0.365. The van der Waals surface area contributed by atoms with Crippen molar-refractivity contribution in [2.75, 3.05) is 7.05 Å². The molecule has 1 aromatic rings. The van der Waals surface area contributed by atoms with E-state index in [1.54, 1.807) is 7.05 Å². The van der Waals surface area contributed by atoms with Crippen LogP contribution >= 0.6 is 0 Å². The van der Waals surface area contributed by atoms with Crippen molar-refractivity contribution >= 4 is 10.0 Å². The monoisotopic (exact) mass is 314 g/mol. The predicted octanol–water partition coefficient (Wildman–Crippen LogP) is 1.14. The molecule has 7 heteroatoms. The van der Waals surface area contributed by atoms with Gasteiger partial charge in [0, 0.05) is 6.54 Å². The Morgan fingerprint density at radius 2 is 2.19 bits per heavy atom. The van der Waals surface area contributed by atoms with Crippen LogP contribution in [-0.4, -0.2) is 33.7 Å². The van der Waals surface area contributed by atoms with Crippen molar-refractivity contribution < 1.29 is 17.5 Å². The van der Waals surface area contributed by atoms with Crippen LogP contribution in [0.15, 0.2) is 23.1 Å². The van der Waals surface area contributed by atoms with Crippen LogP contribution in [0.2, 0.25) is 0 Å². The van der Waals surface area contributed by atoms with Gasteiger partial charge in [0.15, 0.2) is 0 Å². The minimum Gasteiger partial charge on any atom is -0.373 e. The molecule has 1 aromatic carbocycles. The summed E-state index contributed by atoms with van der Waals surface area (Å²) >= 11 is 0. The van der Waals surface area contributed by atoms with E-state index in [4.69, 9.17) is 4.74 Å². The summed E-state index contributed by atoms with van der Waals surface area (Å²) in [7, 11) is -2.03. The van der Waals surface area contributed by atoms with Crippen LogP contribution in [-0.2, 0) is 21.3 Å². The molecule has 116 valence electrons. The number of hydrogen-bond acceptors (Lipinski definition) is 4. The molecule has 2 aliphatic rings. The number of sulfonamides is 1. The lowest BCUT2D eigenvalue weighted by molar-refractivity contribution is 0.0996. The standard InChI is InChI=1S/C14H19FN2O3S/c1-16-8-9-2-3-10(15)6-14(9)21(18,19)17-12-7-11-4-5-13(12)20-11/h2-3,6,11-13,16-17H,4-5,7-8H2,1H3. The van der Waals surface area contributed by atoms with Gasteiger partial charge in [0.2, 0.25) is 10.0 Å². The van der Waals surface area contributed by atoms with E-state index >= 15 is 0 Å². The maximum absolute atomic E-state index is 13.4. The Balaban J connectivity index is 1.86. The van der Waals surface area contributed by atoms with E-state index in [1.165, 1.54) is 12.1 Å². The van der Waals surface area contributed by atoms with E-state index in [2.05, 4.69) is 10.0 Å². The highest BCUT2D eigenvalue weighted by Crippen LogP contribution is 2.35. The third-order valence-electron chi connectivity index (χ3n) is 4.10. The van der Waals surface area contributed by atoms with Crippen molar-refractivity contribution in [1.29, 1.82) is 0 Å². The highest BCUT2D eigenvalue weighted by molar-refractivity contribution is 7.89. The number of fused-ring (bicyclic) bond motifs is 2. The molecule has 0 aliphatic carbocycles. The Hall–Kier alpha value is -1.02. The number of ether oxygens (including phenoxy) is 1. The summed E-state index contributed by atoms with van der Waals surface area (Å²) in [5.74, 6) is -0.556. The predicted molar refractivity (Wildman–Crippen MR) is 75.8 cm³/mol. The lowest BCUT2D eigenvalue weighted by Crippen LogP contribution is -2.41. The van der Waals surface area contributed by atoms with Crippen molar-refractivity contribution in [2.45, 2.75) is 49.0 Å². The van der Waals surface area contributed by atoms with E-state index in [0.29, 0.717) is 18.5 Å². The normalized spacial score (nSPS) is 28.2. The third-order valence-corrected chi connectivity index (χ3v) is 5.67. The molecule has 2 heterocycles. The molecule has 2 bridgehead atoms. The van der Waals surface area contributed by atoms with Crippen LogP contribution < -0.4 is 10.0 Å². The Morgan fingerprint density at radius 3 is 2.81 bits per heavy atom. The van der Waals surface area contributed by atoms with E-state index in [-0.39, 0.29) is 23.1 Å². The van der Waals surface area contributed by atoms with Gasteiger partial charge in [-0.25, -0.2) is 17.5 Å². The second-order valence-corrected chi connectivity index (χ2v) is 7.30. The van der Waals surface area contributed by atoms with Crippen LogP contribution in [0.5, 0.6) is 0 Å². The molecule has 0 radical (unpaired) electrons. The van der Waals surface area contributed by atoms with Crippen LogP contribution in [0.4, 0.5) is 4.39 Å². The fourth-order valence-electron chi connectivity index (χ4n) is 3.14. The quantitative estimate of drug-likeness (QED) is 0.855. The number of hydrogen-bond donors (Lipinski definition) is 2. The van der Waals surface area contributed by atoms with Crippen LogP contribution in [0, 0.1) is 5.82 Å². The molecular formula is C14H19FN2O3S. The Labute approximate surface area is 123 Å². The second kappa shape index (κ2) is 5.64. The molecular weight excluding hydrogens is 295 g/mol. The second-order valence-electron chi connectivity index (χ2n) is 5.62. The van der Waals surface area contributed by atoms with Gasteiger partial charge in [0.25, 0.3) is 0 Å². The van der Waals surface area contributed by atoms with E-state index in [1.807, 2.05) is 0 Å². The summed E-state index contributed by atoms with van der Waals surface area (Å²) in [5, 5.41) is 2.90. The topological polar surface area (TPSA) is 67.4 Å². The molecule has 2 aliphatic heterocycles. The number of benzene rings is 1. The SMILES string of the molecule is CNCc1ccc(F)cc1S(=O)(=O)NC1CC2CCC1O2. The summed E-state index contributed by atoms with van der Waals surface area (Å²) in [5.41, 5.74) is 0.551. The molecule has 2 fully saturated rings. The smallest absolute Gasteiger partial charge is 0.241 e. The van der Waals surface area contributed by atoms with Gasteiger partial charge in [-0.1, -0.05) is 6.07 Å². The van der Waals surface area contributed by atoms with Gasteiger partial charge in [-0.3, -0.25) is 0 Å². The molecule has 0 amide bonds. The van der Waals surface area contributed by atoms with Crippen molar-refractivity contribution in [3.63, 3.8) is 0 Å². The first kappa shape index (κ1) is 14.9. The van der Waals surface area contributed by atoms with Crippen molar-refractivity contribution in [1.82, 2.24) is 10.0 Å². The van der Waals surface area contributed by atoms with Crippen molar-refractivity contribution in [2.24, 2.45) is 0 Å². The molecule has 21 heavy (non-hydrogen) atoms. The molecule has 3 atom stereocenters. The largest absolute Gasteiger partial charge is 0.373 e. The fourth-order valence-corrected chi connectivity index (χ4v) is 4.67. The van der Waals surface area contributed by atoms with E-state index in [9.17, 15) is 12.8 Å². The number of nitrogens with one attached hydrogen (secondary N) is 2. The number of halogens is 1. The van der Waals surface area contributed by atoms with Gasteiger partial charge >= 0.3 is 0 Å². The molecule has 5 nitrogen and oxygen atoms in total. The number of rotatable bonds is 5. The highest BCUT2D eigenvalue weighted by Gasteiger charge is 2.42. The van der Waals surface area contributed by atoms with E-state index < -0.39 is 15.8 Å². The maximum atomic E-state index is 13.4. The van der Waals surface area contributed by atoms with Crippen LogP contribution in [0.25, 0.3) is 0 Å². The fraction of sp³-hybridized carbons (Fsp3) is 0.571. The highest BCUT2D eigenvalue weighted by atomic mass is 32.2. The molecule has 3 rings (SSSR count). The average molecular weight is 314 g/mol. The first-order valence-electron chi connectivity index (χ1n) is 7.10. The molecule has 0 aromatic heterocycles. The molecule has 0 saturated carbocycles. The molecule has 3 unspecified atom stereocenters. The third kappa shape index (κ3) is 2.96. The summed E-state index contributed by atoms with van der Waals surface area (Å²) in [6, 6.07) is 3.63. The van der Waals surface area contributed by atoms with Gasteiger partial charge in [-0.2, -0.15) is 0 Å². The summed E-state index contributed by atoms with van der Waals surface area (Å²) < 4.78 is 46.9. The lowest BCUT2D eigenvalue weighted by atomic mass is 9.96. The minimum absolute atomic E-state index is 0.000349. The maximum Gasteiger partial charge on any atom is 0.241 e. The van der Waals surface area contributed by atoms with Gasteiger partial charge < -0.3 is 10.1 Å². The molecule has 2 N–H and O–H groups in total. The lowest BCUT2D eigenvalue weighted by Gasteiger charge is -2.21.